The Labute approximate surface area is 218 Å². The lowest BCUT2D eigenvalue weighted by atomic mass is 9.95. The molecule has 9 heteroatoms. The number of aliphatic hydroxyl groups is 1. The van der Waals surface area contributed by atoms with E-state index in [2.05, 4.69) is 11.9 Å². The third-order valence-corrected chi connectivity index (χ3v) is 7.32. The minimum atomic E-state index is -0.972. The number of amides is 1. The maximum absolute atomic E-state index is 13.3. The van der Waals surface area contributed by atoms with Gasteiger partial charge in [-0.2, -0.15) is 0 Å². The van der Waals surface area contributed by atoms with Crippen LogP contribution >= 0.6 is 22.9 Å². The maximum atomic E-state index is 13.3. The predicted octanol–water partition coefficient (Wildman–Crippen LogP) is 6.11. The van der Waals surface area contributed by atoms with Gasteiger partial charge >= 0.3 is 5.91 Å². The highest BCUT2D eigenvalue weighted by atomic mass is 35.5. The molecule has 1 unspecified atom stereocenters. The summed E-state index contributed by atoms with van der Waals surface area (Å²) in [6, 6.07) is 12.4. The molecule has 1 aromatic heterocycles. The van der Waals surface area contributed by atoms with Crippen molar-refractivity contribution in [3.8, 4) is 5.75 Å². The molecular weight excluding hydrogens is 500 g/mol. The van der Waals surface area contributed by atoms with Crippen molar-refractivity contribution in [2.75, 3.05) is 11.5 Å². The summed E-state index contributed by atoms with van der Waals surface area (Å²) < 4.78 is 5.85. The Kier molecular flexibility index (Phi) is 7.56. The molecule has 186 valence electrons. The second-order valence-electron chi connectivity index (χ2n) is 8.42. The van der Waals surface area contributed by atoms with Crippen molar-refractivity contribution in [1.29, 1.82) is 0 Å². The van der Waals surface area contributed by atoms with Gasteiger partial charge in [0.05, 0.1) is 28.8 Å². The van der Waals surface area contributed by atoms with E-state index in [1.54, 1.807) is 55.5 Å². The minimum Gasteiger partial charge on any atom is -0.507 e. The molecular formula is C27H25ClN2O5S. The van der Waals surface area contributed by atoms with Gasteiger partial charge in [0.1, 0.15) is 11.5 Å². The standard InChI is InChI=1S/C27H25ClN2O5S/c1-4-5-13-35-20-8-6-7-18(14-20)22-21(23(32)17-9-11-19(28)12-10-17)24(33)26(34)30(22)27-29-15(2)25(36-27)16(3)31/h6-12,14,22,32H,4-5,13H2,1-3H3. The Morgan fingerprint density at radius 2 is 1.92 bits per heavy atom. The molecule has 1 atom stereocenters. The van der Waals surface area contributed by atoms with E-state index in [0.717, 1.165) is 24.2 Å². The van der Waals surface area contributed by atoms with Crippen molar-refractivity contribution >= 4 is 51.3 Å². The SMILES string of the molecule is CCCCOc1cccc(C2C(=C(O)c3ccc(Cl)cc3)C(=O)C(=O)N2c2nc(C)c(C(C)=O)s2)c1. The lowest BCUT2D eigenvalue weighted by molar-refractivity contribution is -0.132. The first-order chi connectivity index (χ1) is 17.2. The second kappa shape index (κ2) is 10.6. The van der Waals surface area contributed by atoms with Crippen LogP contribution in [0.1, 0.15) is 59.2 Å². The van der Waals surface area contributed by atoms with E-state index in [0.29, 0.717) is 39.1 Å². The molecule has 1 aliphatic heterocycles. The number of halogens is 1. The summed E-state index contributed by atoms with van der Waals surface area (Å²) in [7, 11) is 0. The zero-order valence-electron chi connectivity index (χ0n) is 20.1. The first-order valence-corrected chi connectivity index (χ1v) is 12.7. The van der Waals surface area contributed by atoms with E-state index >= 15 is 0 Å². The number of carbonyl (C=O) groups is 3. The number of anilines is 1. The van der Waals surface area contributed by atoms with E-state index in [1.165, 1.54) is 11.8 Å². The van der Waals surface area contributed by atoms with Gasteiger partial charge in [0.2, 0.25) is 0 Å². The van der Waals surface area contributed by atoms with Gasteiger partial charge in [-0.25, -0.2) is 4.98 Å². The predicted molar refractivity (Wildman–Crippen MR) is 140 cm³/mol. The van der Waals surface area contributed by atoms with Crippen molar-refractivity contribution in [3.63, 3.8) is 0 Å². The number of hydrogen-bond donors (Lipinski definition) is 1. The number of benzene rings is 2. The fraction of sp³-hybridized carbons (Fsp3) is 0.259. The number of aryl methyl sites for hydroxylation is 1. The van der Waals surface area contributed by atoms with Crippen LogP contribution in [0.5, 0.6) is 5.75 Å². The van der Waals surface area contributed by atoms with Gasteiger partial charge in [0.15, 0.2) is 10.9 Å². The normalized spacial score (nSPS) is 17.0. The number of unbranched alkanes of at least 4 members (excludes halogenated alkanes) is 1. The molecule has 1 aliphatic rings. The first kappa shape index (κ1) is 25.6. The molecule has 0 bridgehead atoms. The number of hydrogen-bond acceptors (Lipinski definition) is 7. The lowest BCUT2D eigenvalue weighted by Crippen LogP contribution is -2.29. The fourth-order valence-electron chi connectivity index (χ4n) is 4.03. The molecule has 3 aromatic rings. The summed E-state index contributed by atoms with van der Waals surface area (Å²) >= 11 is 7.03. The molecule has 1 N–H and O–H groups in total. The van der Waals surface area contributed by atoms with Crippen molar-refractivity contribution in [3.05, 3.63) is 80.8 Å². The molecule has 36 heavy (non-hydrogen) atoms. The molecule has 0 radical (unpaired) electrons. The Morgan fingerprint density at radius 1 is 1.19 bits per heavy atom. The first-order valence-electron chi connectivity index (χ1n) is 11.5. The van der Waals surface area contributed by atoms with Crippen LogP contribution in [0.2, 0.25) is 5.02 Å². The summed E-state index contributed by atoms with van der Waals surface area (Å²) in [5, 5.41) is 11.9. The highest BCUT2D eigenvalue weighted by Gasteiger charge is 2.48. The van der Waals surface area contributed by atoms with Crippen LogP contribution in [0.4, 0.5) is 5.13 Å². The van der Waals surface area contributed by atoms with Crippen LogP contribution in [0.25, 0.3) is 5.76 Å². The summed E-state index contributed by atoms with van der Waals surface area (Å²) in [5.74, 6) is -1.61. The monoisotopic (exact) mass is 524 g/mol. The quantitative estimate of drug-likeness (QED) is 0.125. The third-order valence-electron chi connectivity index (χ3n) is 5.81. The van der Waals surface area contributed by atoms with E-state index in [-0.39, 0.29) is 22.2 Å². The zero-order valence-corrected chi connectivity index (χ0v) is 21.7. The van der Waals surface area contributed by atoms with Crippen molar-refractivity contribution in [1.82, 2.24) is 4.98 Å². The van der Waals surface area contributed by atoms with E-state index in [9.17, 15) is 19.5 Å². The molecule has 4 rings (SSSR count). The Morgan fingerprint density at radius 3 is 2.56 bits per heavy atom. The van der Waals surface area contributed by atoms with Gasteiger partial charge in [-0.15, -0.1) is 0 Å². The molecule has 7 nitrogen and oxygen atoms in total. The molecule has 0 saturated carbocycles. The number of rotatable bonds is 8. The largest absolute Gasteiger partial charge is 0.507 e. The lowest BCUT2D eigenvalue weighted by Gasteiger charge is -2.23. The van der Waals surface area contributed by atoms with Crippen molar-refractivity contribution in [2.24, 2.45) is 0 Å². The fourth-order valence-corrected chi connectivity index (χ4v) is 5.14. The van der Waals surface area contributed by atoms with Crippen LogP contribution in [-0.2, 0) is 9.59 Å². The molecule has 2 heterocycles. The molecule has 0 aliphatic carbocycles. The van der Waals surface area contributed by atoms with Crippen LogP contribution in [0, 0.1) is 6.92 Å². The smallest absolute Gasteiger partial charge is 0.301 e. The van der Waals surface area contributed by atoms with Crippen LogP contribution in [0.15, 0.2) is 54.1 Å². The van der Waals surface area contributed by atoms with Gasteiger partial charge in [0.25, 0.3) is 5.78 Å². The summed E-state index contributed by atoms with van der Waals surface area (Å²) in [4.78, 5) is 44.8. The van der Waals surface area contributed by atoms with Gasteiger partial charge in [-0.1, -0.05) is 48.4 Å². The van der Waals surface area contributed by atoms with Crippen molar-refractivity contribution in [2.45, 2.75) is 39.7 Å². The third kappa shape index (κ3) is 4.92. The summed E-state index contributed by atoms with van der Waals surface area (Å²) in [5.41, 5.74) is 1.30. The van der Waals surface area contributed by atoms with Gasteiger partial charge < -0.3 is 9.84 Å². The molecule has 1 saturated heterocycles. The Hall–Kier alpha value is -3.49. The molecule has 0 spiro atoms. The van der Waals surface area contributed by atoms with Gasteiger partial charge in [-0.05, 0) is 55.3 Å². The zero-order chi connectivity index (χ0) is 26.0. The van der Waals surface area contributed by atoms with Gasteiger partial charge in [0, 0.05) is 17.5 Å². The van der Waals surface area contributed by atoms with Crippen LogP contribution < -0.4 is 9.64 Å². The number of ketones is 2. The molecule has 1 amide bonds. The number of ether oxygens (including phenoxy) is 1. The van der Waals surface area contributed by atoms with E-state index in [4.69, 9.17) is 16.3 Å². The average Bonchev–Trinajstić information content (AvgIpc) is 3.36. The number of carbonyl (C=O) groups excluding carboxylic acids is 3. The number of aromatic nitrogens is 1. The summed E-state index contributed by atoms with van der Waals surface area (Å²) in [6.45, 7) is 5.69. The minimum absolute atomic E-state index is 0.0785. The maximum Gasteiger partial charge on any atom is 0.301 e. The number of Topliss-reactive ketones (excluding diaryl/α,β-unsaturated/α-hetero) is 2. The average molecular weight is 525 g/mol. The van der Waals surface area contributed by atoms with E-state index in [1.807, 2.05) is 0 Å². The number of thiazole rings is 1. The topological polar surface area (TPSA) is 96.8 Å². The number of aliphatic hydroxyl groups excluding tert-OH is 1. The molecule has 2 aromatic carbocycles. The molecule has 1 fully saturated rings. The second-order valence-corrected chi connectivity index (χ2v) is 9.83. The highest BCUT2D eigenvalue weighted by molar-refractivity contribution is 7.18. The highest BCUT2D eigenvalue weighted by Crippen LogP contribution is 2.44. The van der Waals surface area contributed by atoms with Crippen molar-refractivity contribution < 1.29 is 24.2 Å². The Balaban J connectivity index is 1.89. The van der Waals surface area contributed by atoms with E-state index < -0.39 is 17.7 Å². The summed E-state index contributed by atoms with van der Waals surface area (Å²) in [6.07, 6.45) is 1.86. The Bertz CT molecular complexity index is 1360. The van der Waals surface area contributed by atoms with Gasteiger partial charge in [-0.3, -0.25) is 19.3 Å². The van der Waals surface area contributed by atoms with Crippen LogP contribution in [-0.4, -0.2) is 34.2 Å². The van der Waals surface area contributed by atoms with Crippen LogP contribution in [0.3, 0.4) is 0 Å². The number of nitrogens with zero attached hydrogens (tertiary/aromatic N) is 2.